The van der Waals surface area contributed by atoms with E-state index in [2.05, 4.69) is 42.7 Å². The Balaban J connectivity index is 1.38. The van der Waals surface area contributed by atoms with Gasteiger partial charge in [0.2, 0.25) is 0 Å². The van der Waals surface area contributed by atoms with Gasteiger partial charge in [-0.2, -0.15) is 0 Å². The number of sulfonamides is 1. The molecule has 0 saturated carbocycles. The third-order valence-electron chi connectivity index (χ3n) is 6.60. The Labute approximate surface area is 205 Å². The van der Waals surface area contributed by atoms with Gasteiger partial charge in [0.1, 0.15) is 6.17 Å². The monoisotopic (exact) mass is 536 g/mol. The van der Waals surface area contributed by atoms with Crippen molar-refractivity contribution in [2.24, 2.45) is 0 Å². The minimum atomic E-state index is -3.80. The van der Waals surface area contributed by atoms with E-state index in [0.29, 0.717) is 22.3 Å². The van der Waals surface area contributed by atoms with E-state index >= 15 is 0 Å². The van der Waals surface area contributed by atoms with E-state index in [9.17, 15) is 13.2 Å². The highest BCUT2D eigenvalue weighted by atomic mass is 79.9. The number of carbonyl (C=O) groups is 1. The van der Waals surface area contributed by atoms with E-state index in [4.69, 9.17) is 0 Å². The molecule has 4 aromatic rings. The summed E-state index contributed by atoms with van der Waals surface area (Å²) in [5, 5.41) is 1.20. The van der Waals surface area contributed by atoms with Crippen molar-refractivity contribution in [3.63, 3.8) is 0 Å². The van der Waals surface area contributed by atoms with Crippen molar-refractivity contribution in [2.75, 3.05) is 23.2 Å². The highest BCUT2D eigenvalue weighted by molar-refractivity contribution is 9.10. The Morgan fingerprint density at radius 2 is 1.88 bits per heavy atom. The number of hydrogen-bond acceptors (Lipinski definition) is 4. The van der Waals surface area contributed by atoms with Crippen LogP contribution in [-0.4, -0.2) is 37.8 Å². The SMILES string of the molecule is CN1c2ccc(NS(=O)(=O)c3cccc(Br)c3)cc2C(=O)N2CCc3c([nH]c4ccccc34)C21. The van der Waals surface area contributed by atoms with Gasteiger partial charge < -0.3 is 14.8 Å². The molecule has 3 aromatic carbocycles. The molecule has 172 valence electrons. The lowest BCUT2D eigenvalue weighted by atomic mass is 9.96. The number of hydrogen-bond donors (Lipinski definition) is 2. The van der Waals surface area contributed by atoms with Crippen LogP contribution < -0.4 is 9.62 Å². The topological polar surface area (TPSA) is 85.5 Å². The molecule has 0 radical (unpaired) electrons. The summed E-state index contributed by atoms with van der Waals surface area (Å²) in [6.45, 7) is 0.593. The summed E-state index contributed by atoms with van der Waals surface area (Å²) in [7, 11) is -1.83. The molecule has 0 bridgehead atoms. The molecule has 0 saturated heterocycles. The lowest BCUT2D eigenvalue weighted by molar-refractivity contribution is 0.0634. The summed E-state index contributed by atoms with van der Waals surface area (Å²) < 4.78 is 29.0. The number of nitrogens with zero attached hydrogens (tertiary/aromatic N) is 2. The Morgan fingerprint density at radius 3 is 2.71 bits per heavy atom. The maximum absolute atomic E-state index is 13.6. The number of nitrogens with one attached hydrogen (secondary N) is 2. The number of benzene rings is 3. The quantitative estimate of drug-likeness (QED) is 0.390. The van der Waals surface area contributed by atoms with Gasteiger partial charge in [-0.3, -0.25) is 9.52 Å². The molecular weight excluding hydrogens is 516 g/mol. The van der Waals surface area contributed by atoms with Gasteiger partial charge in [-0.15, -0.1) is 0 Å². The number of anilines is 2. The van der Waals surface area contributed by atoms with Gasteiger partial charge in [0.15, 0.2) is 0 Å². The third kappa shape index (κ3) is 3.22. The number of aromatic nitrogens is 1. The highest BCUT2D eigenvalue weighted by Crippen LogP contribution is 2.43. The van der Waals surface area contributed by atoms with Crippen LogP contribution in [0.3, 0.4) is 0 Å². The van der Waals surface area contributed by atoms with Gasteiger partial charge in [-0.1, -0.05) is 40.2 Å². The van der Waals surface area contributed by atoms with Gasteiger partial charge >= 0.3 is 0 Å². The number of para-hydroxylation sites is 1. The average molecular weight is 537 g/mol. The second-order valence-corrected chi connectivity index (χ2v) is 11.2. The fourth-order valence-electron chi connectivity index (χ4n) is 5.05. The van der Waals surface area contributed by atoms with Crippen molar-refractivity contribution in [1.29, 1.82) is 0 Å². The summed E-state index contributed by atoms with van der Waals surface area (Å²) in [5.74, 6) is -0.106. The van der Waals surface area contributed by atoms with Gasteiger partial charge in [0.05, 0.1) is 21.8 Å². The first-order chi connectivity index (χ1) is 16.3. The van der Waals surface area contributed by atoms with E-state index in [0.717, 1.165) is 23.3 Å². The van der Waals surface area contributed by atoms with Gasteiger partial charge in [0.25, 0.3) is 15.9 Å². The maximum atomic E-state index is 13.6. The second-order valence-electron chi connectivity index (χ2n) is 8.59. The Hall–Kier alpha value is -3.30. The van der Waals surface area contributed by atoms with E-state index in [1.54, 1.807) is 30.3 Å². The molecule has 34 heavy (non-hydrogen) atoms. The predicted molar refractivity (Wildman–Crippen MR) is 136 cm³/mol. The fourth-order valence-corrected chi connectivity index (χ4v) is 6.70. The molecule has 6 rings (SSSR count). The van der Waals surface area contributed by atoms with Crippen LogP contribution >= 0.6 is 15.9 Å². The summed E-state index contributed by atoms with van der Waals surface area (Å²) >= 11 is 3.31. The molecule has 0 spiro atoms. The van der Waals surface area contributed by atoms with Crippen molar-refractivity contribution in [2.45, 2.75) is 17.5 Å². The van der Waals surface area contributed by atoms with Crippen LogP contribution in [0.4, 0.5) is 11.4 Å². The zero-order valence-corrected chi connectivity index (χ0v) is 20.7. The van der Waals surface area contributed by atoms with Gasteiger partial charge in [-0.05, 0) is 54.4 Å². The van der Waals surface area contributed by atoms with Crippen molar-refractivity contribution < 1.29 is 13.2 Å². The van der Waals surface area contributed by atoms with Crippen LogP contribution in [0.25, 0.3) is 10.9 Å². The Morgan fingerprint density at radius 1 is 1.06 bits per heavy atom. The fraction of sp³-hybridized carbons (Fsp3) is 0.160. The molecule has 2 N–H and O–H groups in total. The summed E-state index contributed by atoms with van der Waals surface area (Å²) in [6, 6.07) is 19.8. The van der Waals surface area contributed by atoms with Crippen LogP contribution in [-0.2, 0) is 16.4 Å². The van der Waals surface area contributed by atoms with E-state index in [1.165, 1.54) is 23.1 Å². The number of rotatable bonds is 3. The van der Waals surface area contributed by atoms with Crippen LogP contribution in [0, 0.1) is 0 Å². The van der Waals surface area contributed by atoms with Crippen molar-refractivity contribution in [3.05, 3.63) is 88.0 Å². The summed E-state index contributed by atoms with van der Waals surface area (Å²) in [5.41, 5.74) is 4.95. The van der Waals surface area contributed by atoms with Crippen LogP contribution in [0.1, 0.15) is 27.8 Å². The van der Waals surface area contributed by atoms with Crippen molar-refractivity contribution >= 4 is 54.1 Å². The van der Waals surface area contributed by atoms with Crippen LogP contribution in [0.2, 0.25) is 0 Å². The van der Waals surface area contributed by atoms with E-state index in [-0.39, 0.29) is 17.0 Å². The second kappa shape index (κ2) is 7.61. The normalized spacial score (nSPS) is 17.4. The van der Waals surface area contributed by atoms with Crippen LogP contribution in [0.15, 0.2) is 76.1 Å². The number of halogens is 1. The molecule has 2 aliphatic rings. The smallest absolute Gasteiger partial charge is 0.261 e. The number of carbonyl (C=O) groups excluding carboxylic acids is 1. The molecule has 1 amide bonds. The molecule has 7 nitrogen and oxygen atoms in total. The minimum absolute atomic E-state index is 0.106. The average Bonchev–Trinajstić information content (AvgIpc) is 3.20. The van der Waals surface area contributed by atoms with Crippen LogP contribution in [0.5, 0.6) is 0 Å². The highest BCUT2D eigenvalue weighted by Gasteiger charge is 2.41. The minimum Gasteiger partial charge on any atom is -0.355 e. The van der Waals surface area contributed by atoms with E-state index in [1.807, 2.05) is 24.1 Å². The predicted octanol–water partition coefficient (Wildman–Crippen LogP) is 4.88. The molecule has 1 unspecified atom stereocenters. The van der Waals surface area contributed by atoms with Crippen molar-refractivity contribution in [1.82, 2.24) is 9.88 Å². The summed E-state index contributed by atoms with van der Waals surface area (Å²) in [6.07, 6.45) is 0.528. The number of H-pyrrole nitrogens is 1. The Kier molecular flexibility index (Phi) is 4.76. The molecular formula is C25H21BrN4O3S. The first-order valence-electron chi connectivity index (χ1n) is 10.9. The standard InChI is InChI=1S/C25H21BrN4O3S/c1-29-22-10-9-16(28-34(32,33)17-6-4-5-15(26)13-17)14-20(22)25(31)30-12-11-19-18-7-2-3-8-21(18)27-23(19)24(29)30/h2-10,13-14,24,27-28H,11-12H2,1H3. The summed E-state index contributed by atoms with van der Waals surface area (Å²) in [4.78, 5) is 21.2. The van der Waals surface area contributed by atoms with E-state index < -0.39 is 10.0 Å². The largest absolute Gasteiger partial charge is 0.355 e. The molecule has 1 atom stereocenters. The van der Waals surface area contributed by atoms with Gasteiger partial charge in [0, 0.05) is 34.7 Å². The Bertz CT molecular complexity index is 1580. The first-order valence-corrected chi connectivity index (χ1v) is 13.2. The first kappa shape index (κ1) is 21.2. The van der Waals surface area contributed by atoms with Gasteiger partial charge in [-0.25, -0.2) is 8.42 Å². The lowest BCUT2D eigenvalue weighted by Gasteiger charge is -2.46. The zero-order chi connectivity index (χ0) is 23.6. The number of amides is 1. The maximum Gasteiger partial charge on any atom is 0.261 e. The number of aromatic amines is 1. The molecule has 3 heterocycles. The third-order valence-corrected chi connectivity index (χ3v) is 8.47. The number of fused-ring (bicyclic) bond motifs is 6. The molecule has 2 aliphatic heterocycles. The molecule has 0 aliphatic carbocycles. The van der Waals surface area contributed by atoms with Crippen molar-refractivity contribution in [3.8, 4) is 0 Å². The molecule has 9 heteroatoms. The zero-order valence-electron chi connectivity index (χ0n) is 18.2. The molecule has 1 aromatic heterocycles. The lowest BCUT2D eigenvalue weighted by Crippen LogP contribution is -2.51. The molecule has 0 fully saturated rings.